The molecule has 1 aliphatic rings. The molecule has 7 nitrogen and oxygen atoms in total. The van der Waals surface area contributed by atoms with Crippen LogP contribution < -0.4 is 20.1 Å². The predicted molar refractivity (Wildman–Crippen MR) is 104 cm³/mol. The van der Waals surface area contributed by atoms with Gasteiger partial charge in [-0.25, -0.2) is 4.79 Å². The van der Waals surface area contributed by atoms with E-state index < -0.39 is 12.0 Å². The number of thioether (sulfide) groups is 1. The van der Waals surface area contributed by atoms with Crippen molar-refractivity contribution in [2.45, 2.75) is 17.7 Å². The quantitative estimate of drug-likeness (QED) is 0.651. The number of aliphatic carboxylic acids is 1. The first-order valence-electron chi connectivity index (χ1n) is 8.41. The fourth-order valence-electron chi connectivity index (χ4n) is 2.68. The smallest absolute Gasteiger partial charge is 0.323 e. The Morgan fingerprint density at radius 2 is 1.85 bits per heavy atom. The molecule has 2 aromatic rings. The van der Waals surface area contributed by atoms with Gasteiger partial charge >= 0.3 is 12.0 Å². The lowest BCUT2D eigenvalue weighted by Gasteiger charge is -2.21. The zero-order valence-corrected chi connectivity index (χ0v) is 15.6. The Balaban J connectivity index is 1.69. The highest BCUT2D eigenvalue weighted by atomic mass is 32.2. The van der Waals surface area contributed by atoms with E-state index in [1.54, 1.807) is 24.3 Å². The maximum absolute atomic E-state index is 12.4. The number of nitrogens with one attached hydrogen (secondary N) is 2. The summed E-state index contributed by atoms with van der Waals surface area (Å²) in [5.41, 5.74) is 2.07. The molecule has 0 aromatic heterocycles. The number of rotatable bonds is 6. The van der Waals surface area contributed by atoms with E-state index in [1.807, 2.05) is 18.4 Å². The second-order valence-corrected chi connectivity index (χ2v) is 6.72. The van der Waals surface area contributed by atoms with Gasteiger partial charge in [-0.2, -0.15) is 0 Å². The van der Waals surface area contributed by atoms with Gasteiger partial charge in [0.1, 0.15) is 13.2 Å². The van der Waals surface area contributed by atoms with Crippen LogP contribution in [0.2, 0.25) is 0 Å². The summed E-state index contributed by atoms with van der Waals surface area (Å²) in [6, 6.07) is 10.3. The van der Waals surface area contributed by atoms with Gasteiger partial charge in [0.05, 0.1) is 5.69 Å². The normalized spacial score (nSPS) is 12.3. The lowest BCUT2D eigenvalue weighted by Crippen LogP contribution is -2.21. The second-order valence-electron chi connectivity index (χ2n) is 5.87. The van der Waals surface area contributed by atoms with Crippen molar-refractivity contribution in [3.63, 3.8) is 0 Å². The van der Waals surface area contributed by atoms with E-state index in [4.69, 9.17) is 14.6 Å². The van der Waals surface area contributed by atoms with Gasteiger partial charge in [-0.3, -0.25) is 4.79 Å². The van der Waals surface area contributed by atoms with Gasteiger partial charge in [0.25, 0.3) is 0 Å². The van der Waals surface area contributed by atoms with Crippen LogP contribution in [-0.4, -0.2) is 36.6 Å². The summed E-state index contributed by atoms with van der Waals surface area (Å²) in [4.78, 5) is 24.0. The van der Waals surface area contributed by atoms with Crippen LogP contribution in [0.5, 0.6) is 11.5 Å². The van der Waals surface area contributed by atoms with E-state index in [2.05, 4.69) is 10.6 Å². The van der Waals surface area contributed by atoms with Gasteiger partial charge in [-0.15, -0.1) is 11.8 Å². The van der Waals surface area contributed by atoms with E-state index in [0.29, 0.717) is 42.5 Å². The zero-order chi connectivity index (χ0) is 19.2. The number of fused-ring (bicyclic) bond motifs is 1. The van der Waals surface area contributed by atoms with E-state index >= 15 is 0 Å². The van der Waals surface area contributed by atoms with E-state index in [0.717, 1.165) is 10.5 Å². The number of benzene rings is 2. The molecule has 8 heteroatoms. The van der Waals surface area contributed by atoms with E-state index in [-0.39, 0.29) is 6.42 Å². The highest BCUT2D eigenvalue weighted by molar-refractivity contribution is 7.98. The fourth-order valence-corrected chi connectivity index (χ4v) is 3.23. The lowest BCUT2D eigenvalue weighted by atomic mass is 10.1. The third-order valence-electron chi connectivity index (χ3n) is 3.92. The van der Waals surface area contributed by atoms with Crippen LogP contribution >= 0.6 is 11.8 Å². The number of urea groups is 1. The molecule has 0 spiro atoms. The Morgan fingerprint density at radius 3 is 2.56 bits per heavy atom. The molecule has 0 unspecified atom stereocenters. The van der Waals surface area contributed by atoms with Crippen molar-refractivity contribution in [1.29, 1.82) is 0 Å². The van der Waals surface area contributed by atoms with Crippen molar-refractivity contribution in [3.8, 4) is 11.5 Å². The van der Waals surface area contributed by atoms with Gasteiger partial charge in [0, 0.05) is 23.1 Å². The zero-order valence-electron chi connectivity index (χ0n) is 14.8. The minimum absolute atomic E-state index is 0.0456. The monoisotopic (exact) mass is 388 g/mol. The summed E-state index contributed by atoms with van der Waals surface area (Å²) >= 11 is 1.49. The second kappa shape index (κ2) is 8.68. The number of amides is 2. The number of carbonyl (C=O) groups excluding carboxylic acids is 1. The summed E-state index contributed by atoms with van der Waals surface area (Å²) < 4.78 is 11.1. The molecule has 142 valence electrons. The Hall–Kier alpha value is -2.87. The highest BCUT2D eigenvalue weighted by Crippen LogP contribution is 2.39. The largest absolute Gasteiger partial charge is 0.486 e. The Labute approximate surface area is 161 Å². The number of hydrogen-bond donors (Lipinski definition) is 3. The molecule has 0 saturated carbocycles. The molecule has 0 saturated heterocycles. The number of anilines is 2. The number of carboxylic acids is 1. The molecule has 2 amide bonds. The number of carbonyl (C=O) groups is 2. The molecule has 1 heterocycles. The van der Waals surface area contributed by atoms with Crippen LogP contribution in [-0.2, 0) is 11.2 Å². The minimum atomic E-state index is -0.852. The molecular formula is C19H20N2O5S. The van der Waals surface area contributed by atoms with Crippen LogP contribution in [0.3, 0.4) is 0 Å². The maximum Gasteiger partial charge on any atom is 0.323 e. The first-order valence-corrected chi connectivity index (χ1v) is 9.64. The van der Waals surface area contributed by atoms with Crippen molar-refractivity contribution in [2.75, 3.05) is 30.1 Å². The number of carboxylic acid groups (broad SMARTS) is 1. The van der Waals surface area contributed by atoms with E-state index in [9.17, 15) is 9.59 Å². The summed E-state index contributed by atoms with van der Waals surface area (Å²) in [5.74, 6) is 0.419. The van der Waals surface area contributed by atoms with Crippen molar-refractivity contribution < 1.29 is 24.2 Å². The third-order valence-corrected chi connectivity index (χ3v) is 4.70. The van der Waals surface area contributed by atoms with Crippen molar-refractivity contribution in [2.24, 2.45) is 0 Å². The molecule has 1 aliphatic heterocycles. The fraction of sp³-hybridized carbons (Fsp3) is 0.263. The van der Waals surface area contributed by atoms with E-state index in [1.165, 1.54) is 11.8 Å². The average Bonchev–Trinajstić information content (AvgIpc) is 2.66. The van der Waals surface area contributed by atoms with Gasteiger partial charge in [0.15, 0.2) is 11.5 Å². The summed E-state index contributed by atoms with van der Waals surface area (Å²) in [7, 11) is 0. The van der Waals surface area contributed by atoms with Gasteiger partial charge in [0.2, 0.25) is 0 Å². The van der Waals surface area contributed by atoms with Gasteiger partial charge < -0.3 is 25.2 Å². The van der Waals surface area contributed by atoms with Crippen LogP contribution in [0.1, 0.15) is 12.0 Å². The molecular weight excluding hydrogens is 368 g/mol. The van der Waals surface area contributed by atoms with Crippen LogP contribution in [0.15, 0.2) is 41.3 Å². The van der Waals surface area contributed by atoms with Gasteiger partial charge in [-0.1, -0.05) is 12.1 Å². The van der Waals surface area contributed by atoms with Crippen molar-refractivity contribution in [1.82, 2.24) is 0 Å². The van der Waals surface area contributed by atoms with Crippen LogP contribution in [0, 0.1) is 0 Å². The van der Waals surface area contributed by atoms with Crippen LogP contribution in [0.4, 0.5) is 16.2 Å². The molecule has 0 atom stereocenters. The van der Waals surface area contributed by atoms with Crippen molar-refractivity contribution in [3.05, 3.63) is 42.0 Å². The van der Waals surface area contributed by atoms with Crippen molar-refractivity contribution >= 4 is 35.1 Å². The minimum Gasteiger partial charge on any atom is -0.486 e. The maximum atomic E-state index is 12.4. The third kappa shape index (κ3) is 5.07. The summed E-state index contributed by atoms with van der Waals surface area (Å²) in [6.07, 6.45) is 2.37. The lowest BCUT2D eigenvalue weighted by molar-refractivity contribution is -0.136. The summed E-state index contributed by atoms with van der Waals surface area (Å²) in [5, 5.41) is 14.4. The number of aryl methyl sites for hydroxylation is 1. The Bertz CT molecular complexity index is 856. The first kappa shape index (κ1) is 18.9. The SMILES string of the molecule is CSc1cc2c(cc1NC(=O)Nc1cccc(CCC(=O)O)c1)OCCO2. The highest BCUT2D eigenvalue weighted by Gasteiger charge is 2.17. The van der Waals surface area contributed by atoms with Gasteiger partial charge in [-0.05, 0) is 36.4 Å². The topological polar surface area (TPSA) is 96.9 Å². The Kier molecular flexibility index (Phi) is 6.08. The number of ether oxygens (including phenoxy) is 2. The Morgan fingerprint density at radius 1 is 1.11 bits per heavy atom. The molecule has 0 bridgehead atoms. The standard InChI is InChI=1S/C19H20N2O5S/c1-27-17-11-16-15(25-7-8-26-16)10-14(17)21-19(24)20-13-4-2-3-12(9-13)5-6-18(22)23/h2-4,9-11H,5-8H2,1H3,(H,22,23)(H2,20,21,24). The molecule has 3 rings (SSSR count). The number of hydrogen-bond acceptors (Lipinski definition) is 5. The first-order chi connectivity index (χ1) is 13.0. The summed E-state index contributed by atoms with van der Waals surface area (Å²) in [6.45, 7) is 0.979. The molecule has 0 fully saturated rings. The molecule has 0 radical (unpaired) electrons. The molecule has 0 aliphatic carbocycles. The molecule has 3 N–H and O–H groups in total. The molecule has 27 heavy (non-hydrogen) atoms. The average molecular weight is 388 g/mol. The van der Waals surface area contributed by atoms with Crippen LogP contribution in [0.25, 0.3) is 0 Å². The molecule has 2 aromatic carbocycles. The predicted octanol–water partition coefficient (Wildman–Crippen LogP) is 3.84.